The molecule has 0 amide bonds. The average molecular weight is 276 g/mol. The van der Waals surface area contributed by atoms with Gasteiger partial charge in [0, 0.05) is 0 Å². The van der Waals surface area contributed by atoms with Crippen molar-refractivity contribution >= 4 is 11.5 Å². The average Bonchev–Trinajstić information content (AvgIpc) is 2.45. The standard InChI is InChI=1S/C13H14N4O3/c1-2-7-20-9-6-4-3-5-8(9)12-15-11(14)10(17-19)13(18)16-12/h3-6H,2,7H2,1H3,(H3,14,15,16,18)/i12+2. The van der Waals surface area contributed by atoms with E-state index in [-0.39, 0.29) is 11.6 Å². The molecule has 0 fully saturated rings. The maximum Gasteiger partial charge on any atom is 0.282 e. The van der Waals surface area contributed by atoms with Crippen molar-refractivity contribution in [3.63, 3.8) is 0 Å². The van der Waals surface area contributed by atoms with Crippen molar-refractivity contribution in [1.29, 1.82) is 0 Å². The Morgan fingerprint density at radius 3 is 2.85 bits per heavy atom. The van der Waals surface area contributed by atoms with Gasteiger partial charge in [0.2, 0.25) is 5.69 Å². The van der Waals surface area contributed by atoms with Gasteiger partial charge in [-0.1, -0.05) is 19.1 Å². The lowest BCUT2D eigenvalue weighted by Gasteiger charge is -2.10. The molecule has 2 rings (SSSR count). The minimum atomic E-state index is -0.673. The summed E-state index contributed by atoms with van der Waals surface area (Å²) in [7, 11) is 0. The number of aromatic nitrogens is 2. The zero-order valence-corrected chi connectivity index (χ0v) is 10.9. The molecule has 0 saturated heterocycles. The van der Waals surface area contributed by atoms with Gasteiger partial charge in [0.05, 0.1) is 12.2 Å². The van der Waals surface area contributed by atoms with Crippen LogP contribution in [-0.4, -0.2) is 16.6 Å². The van der Waals surface area contributed by atoms with Crippen molar-refractivity contribution in [3.05, 3.63) is 39.5 Å². The van der Waals surface area contributed by atoms with Crippen LogP contribution in [0.1, 0.15) is 13.3 Å². The molecule has 20 heavy (non-hydrogen) atoms. The number of hydrogen-bond acceptors (Lipinski definition) is 6. The molecule has 3 N–H and O–H groups in total. The molecule has 1 heterocycles. The number of nitrogens with zero attached hydrogens (tertiary/aromatic N) is 2. The lowest BCUT2D eigenvalue weighted by Crippen LogP contribution is -2.12. The number of ether oxygens (including phenoxy) is 1. The maximum atomic E-state index is 11.7. The number of nitrogens with one attached hydrogen (secondary N) is 1. The van der Waals surface area contributed by atoms with E-state index in [2.05, 4.69) is 15.1 Å². The summed E-state index contributed by atoms with van der Waals surface area (Å²) in [5, 5.41) is 2.56. The highest BCUT2D eigenvalue weighted by atomic mass is 16.5. The first-order chi connectivity index (χ1) is 9.67. The number of aromatic amines is 1. The van der Waals surface area contributed by atoms with E-state index >= 15 is 0 Å². The number of nitrogen functional groups attached to an aromatic ring is 1. The summed E-state index contributed by atoms with van der Waals surface area (Å²) in [6.45, 7) is 2.54. The van der Waals surface area contributed by atoms with Crippen LogP contribution < -0.4 is 16.0 Å². The number of nitrogens with two attached hydrogens (primary N) is 1. The summed E-state index contributed by atoms with van der Waals surface area (Å²) < 4.78 is 5.59. The van der Waals surface area contributed by atoms with Gasteiger partial charge in [-0.2, -0.15) is 0 Å². The second-order valence-corrected chi connectivity index (χ2v) is 4.08. The van der Waals surface area contributed by atoms with Crippen LogP contribution in [0.3, 0.4) is 0 Å². The Kier molecular flexibility index (Phi) is 4.09. The summed E-state index contributed by atoms with van der Waals surface area (Å²) >= 11 is 0. The van der Waals surface area contributed by atoms with E-state index in [1.165, 1.54) is 0 Å². The fourth-order valence-corrected chi connectivity index (χ4v) is 1.70. The molecule has 2 aromatic rings. The Balaban J connectivity index is 2.52. The fraction of sp³-hybridized carbons (Fsp3) is 0.231. The Hall–Kier alpha value is -2.70. The van der Waals surface area contributed by atoms with Crippen molar-refractivity contribution in [2.24, 2.45) is 5.18 Å². The van der Waals surface area contributed by atoms with Gasteiger partial charge in [0.1, 0.15) is 11.6 Å². The number of anilines is 1. The molecule has 104 valence electrons. The van der Waals surface area contributed by atoms with Crippen molar-refractivity contribution in [3.8, 4) is 17.1 Å². The van der Waals surface area contributed by atoms with E-state index in [0.29, 0.717) is 17.9 Å². The molecule has 0 radical (unpaired) electrons. The van der Waals surface area contributed by atoms with Crippen molar-refractivity contribution in [2.45, 2.75) is 13.3 Å². The molecule has 0 saturated carbocycles. The Morgan fingerprint density at radius 1 is 1.45 bits per heavy atom. The molecular weight excluding hydrogens is 262 g/mol. The van der Waals surface area contributed by atoms with E-state index < -0.39 is 11.2 Å². The summed E-state index contributed by atoms with van der Waals surface area (Å²) in [6, 6.07) is 7.12. The highest BCUT2D eigenvalue weighted by Crippen LogP contribution is 2.28. The number of hydrogen-bond donors (Lipinski definition) is 2. The third-order valence-corrected chi connectivity index (χ3v) is 2.62. The van der Waals surface area contributed by atoms with E-state index in [1.54, 1.807) is 18.2 Å². The molecule has 0 unspecified atom stereocenters. The minimum absolute atomic E-state index is 0.205. The fourth-order valence-electron chi connectivity index (χ4n) is 1.70. The molecular formula is C13H14N4O3. The zero-order valence-electron chi connectivity index (χ0n) is 10.9. The van der Waals surface area contributed by atoms with Gasteiger partial charge in [-0.3, -0.25) is 4.79 Å². The number of para-hydroxylation sites is 1. The van der Waals surface area contributed by atoms with Crippen molar-refractivity contribution in [2.75, 3.05) is 12.3 Å². The predicted octanol–water partition coefficient (Wildman–Crippen LogP) is 2.21. The summed E-state index contributed by atoms with van der Waals surface area (Å²) in [5.74, 6) is 0.624. The third kappa shape index (κ3) is 2.66. The lowest BCUT2D eigenvalue weighted by atomic mass is 10.3. The molecule has 1 aromatic heterocycles. The van der Waals surface area contributed by atoms with Crippen LogP contribution in [0.2, 0.25) is 0 Å². The van der Waals surface area contributed by atoms with Crippen molar-refractivity contribution < 1.29 is 4.74 Å². The summed E-state index contributed by atoms with van der Waals surface area (Å²) in [4.78, 5) is 28.6. The smallest absolute Gasteiger partial charge is 0.282 e. The maximum absolute atomic E-state index is 11.7. The first-order valence-corrected chi connectivity index (χ1v) is 6.12. The molecule has 0 aliphatic heterocycles. The lowest BCUT2D eigenvalue weighted by molar-refractivity contribution is 0.318. The van der Waals surface area contributed by atoms with Gasteiger partial charge in [-0.25, -0.2) is 4.98 Å². The van der Waals surface area contributed by atoms with Crippen LogP contribution in [0, 0.1) is 4.91 Å². The van der Waals surface area contributed by atoms with E-state index in [4.69, 9.17) is 10.5 Å². The molecule has 0 aliphatic carbocycles. The Bertz CT molecular complexity index is 682. The topological polar surface area (TPSA) is 110 Å². The van der Waals surface area contributed by atoms with Crippen LogP contribution >= 0.6 is 0 Å². The molecule has 1 aromatic carbocycles. The summed E-state index contributed by atoms with van der Waals surface area (Å²) in [5.41, 5.74) is 5.06. The second-order valence-electron chi connectivity index (χ2n) is 4.08. The SMILES string of the molecule is CCCOc1ccccc1-[14c]1nc(N)c(N=O)c(=O)[nH]1. The van der Waals surface area contributed by atoms with E-state index in [9.17, 15) is 9.70 Å². The molecule has 0 spiro atoms. The van der Waals surface area contributed by atoms with Gasteiger partial charge in [-0.15, -0.1) is 4.91 Å². The molecule has 7 nitrogen and oxygen atoms in total. The minimum Gasteiger partial charge on any atom is -0.493 e. The van der Waals surface area contributed by atoms with Gasteiger partial charge in [0.25, 0.3) is 5.56 Å². The molecule has 0 bridgehead atoms. The number of H-pyrrole nitrogens is 1. The highest BCUT2D eigenvalue weighted by Gasteiger charge is 2.13. The molecule has 0 aliphatic rings. The van der Waals surface area contributed by atoms with Crippen LogP contribution in [0.25, 0.3) is 11.4 Å². The van der Waals surface area contributed by atoms with Gasteiger partial charge in [-0.05, 0) is 23.7 Å². The summed E-state index contributed by atoms with van der Waals surface area (Å²) in [6.07, 6.45) is 0.856. The quantitative estimate of drug-likeness (QED) is 0.813. The largest absolute Gasteiger partial charge is 0.493 e. The van der Waals surface area contributed by atoms with Crippen molar-refractivity contribution in [1.82, 2.24) is 9.97 Å². The normalized spacial score (nSPS) is 10.2. The first-order valence-electron chi connectivity index (χ1n) is 6.12. The van der Waals surface area contributed by atoms with E-state index in [0.717, 1.165) is 6.42 Å². The number of benzene rings is 1. The van der Waals surface area contributed by atoms with Crippen LogP contribution in [-0.2, 0) is 0 Å². The first kappa shape index (κ1) is 13.7. The second kappa shape index (κ2) is 5.96. The monoisotopic (exact) mass is 276 g/mol. The van der Waals surface area contributed by atoms with E-state index in [1.807, 2.05) is 13.0 Å². The zero-order chi connectivity index (χ0) is 14.5. The number of nitroso groups, excluding NO2 is 1. The Morgan fingerprint density at radius 2 is 2.20 bits per heavy atom. The van der Waals surface area contributed by atoms with Crippen LogP contribution in [0.15, 0.2) is 34.2 Å². The number of rotatable bonds is 5. The third-order valence-electron chi connectivity index (χ3n) is 2.62. The Labute approximate surface area is 114 Å². The van der Waals surface area contributed by atoms with Gasteiger partial charge >= 0.3 is 0 Å². The van der Waals surface area contributed by atoms with Gasteiger partial charge < -0.3 is 15.5 Å². The van der Waals surface area contributed by atoms with Gasteiger partial charge in [0.15, 0.2) is 5.82 Å². The highest BCUT2D eigenvalue weighted by molar-refractivity contribution is 5.67. The molecule has 0 atom stereocenters. The van der Waals surface area contributed by atoms with Crippen LogP contribution in [0.4, 0.5) is 11.5 Å². The van der Waals surface area contributed by atoms with Crippen LogP contribution in [0.5, 0.6) is 5.75 Å². The molecule has 7 heteroatoms. The predicted molar refractivity (Wildman–Crippen MR) is 75.9 cm³/mol.